The molecule has 33 heavy (non-hydrogen) atoms. The van der Waals surface area contributed by atoms with Crippen molar-refractivity contribution in [3.05, 3.63) is 71.8 Å². The lowest BCUT2D eigenvalue weighted by atomic mass is 10.1. The van der Waals surface area contributed by atoms with Crippen LogP contribution < -0.4 is 5.32 Å². The molecule has 0 bridgehead atoms. The first-order valence-corrected chi connectivity index (χ1v) is 9.43. The Morgan fingerprint density at radius 2 is 1.82 bits per heavy atom. The fourth-order valence-corrected chi connectivity index (χ4v) is 3.05. The van der Waals surface area contributed by atoms with Gasteiger partial charge in [0, 0.05) is 36.5 Å². The van der Waals surface area contributed by atoms with Gasteiger partial charge < -0.3 is 10.3 Å². The Morgan fingerprint density at radius 1 is 1.09 bits per heavy atom. The van der Waals surface area contributed by atoms with Crippen molar-refractivity contribution in [3.8, 4) is 11.3 Å². The Kier molecular flexibility index (Phi) is 5.56. The molecule has 0 saturated carbocycles. The van der Waals surface area contributed by atoms with Gasteiger partial charge in [-0.15, -0.1) is 0 Å². The van der Waals surface area contributed by atoms with Crippen LogP contribution in [0.25, 0.3) is 16.9 Å². The normalized spacial score (nSPS) is 12.3. The van der Waals surface area contributed by atoms with E-state index in [4.69, 9.17) is 0 Å². The zero-order valence-corrected chi connectivity index (χ0v) is 16.5. The summed E-state index contributed by atoms with van der Waals surface area (Å²) >= 11 is 0. The van der Waals surface area contributed by atoms with Crippen molar-refractivity contribution in [1.82, 2.24) is 29.9 Å². The van der Waals surface area contributed by atoms with Crippen LogP contribution in [-0.2, 0) is 12.3 Å². The minimum atomic E-state index is -5.93. The van der Waals surface area contributed by atoms with Gasteiger partial charge in [-0.25, -0.2) is 18.9 Å². The number of carbonyl (C=O) groups excluding carboxylic acids is 1. The summed E-state index contributed by atoms with van der Waals surface area (Å²) in [4.78, 5) is 23.1. The maximum absolute atomic E-state index is 14.3. The summed E-state index contributed by atoms with van der Waals surface area (Å²) in [6.45, 7) is 0.134. The fraction of sp³-hybridized carbons (Fsp3) is 0.200. The van der Waals surface area contributed by atoms with Crippen molar-refractivity contribution >= 4 is 11.6 Å². The Morgan fingerprint density at radius 3 is 2.45 bits per heavy atom. The van der Waals surface area contributed by atoms with E-state index in [9.17, 15) is 31.1 Å². The minimum Gasteiger partial charge on any atom is -0.350 e. The average Bonchev–Trinajstić information content (AvgIpc) is 3.42. The van der Waals surface area contributed by atoms with Gasteiger partial charge in [-0.1, -0.05) is 0 Å². The van der Waals surface area contributed by atoms with E-state index in [-0.39, 0.29) is 22.3 Å². The van der Waals surface area contributed by atoms with E-state index in [1.807, 2.05) is 0 Å². The number of rotatable bonds is 6. The molecular weight excluding hydrogens is 454 g/mol. The van der Waals surface area contributed by atoms with Crippen LogP contribution >= 0.6 is 0 Å². The number of carbonyl (C=O) groups is 1. The van der Waals surface area contributed by atoms with Gasteiger partial charge >= 0.3 is 12.1 Å². The molecule has 0 spiro atoms. The van der Waals surface area contributed by atoms with Crippen LogP contribution in [0.5, 0.6) is 0 Å². The van der Waals surface area contributed by atoms with Gasteiger partial charge in [0.05, 0.1) is 12.0 Å². The van der Waals surface area contributed by atoms with Crippen LogP contribution in [0.3, 0.4) is 0 Å². The van der Waals surface area contributed by atoms with E-state index >= 15 is 0 Å². The lowest BCUT2D eigenvalue weighted by molar-refractivity contribution is -0.291. The molecule has 3 heterocycles. The largest absolute Gasteiger partial charge is 0.459 e. The van der Waals surface area contributed by atoms with Crippen LogP contribution in [-0.4, -0.2) is 43.2 Å². The van der Waals surface area contributed by atoms with Crippen molar-refractivity contribution in [3.63, 3.8) is 0 Å². The summed E-state index contributed by atoms with van der Waals surface area (Å²) in [5.74, 6) is -6.72. The molecule has 1 aromatic carbocycles. The third kappa shape index (κ3) is 4.38. The van der Waals surface area contributed by atoms with Crippen molar-refractivity contribution in [1.29, 1.82) is 0 Å². The molecule has 7 nitrogen and oxygen atoms in total. The molecule has 4 rings (SSSR count). The molecule has 0 unspecified atom stereocenters. The highest BCUT2D eigenvalue weighted by atomic mass is 19.4. The average molecular weight is 468 g/mol. The Balaban J connectivity index is 1.73. The Bertz CT molecular complexity index is 1280. The first kappa shape index (κ1) is 22.3. The van der Waals surface area contributed by atoms with Crippen LogP contribution in [0.2, 0.25) is 0 Å². The Labute approximate surface area is 181 Å². The van der Waals surface area contributed by atoms with Gasteiger partial charge in [0.25, 0.3) is 5.91 Å². The van der Waals surface area contributed by atoms with Gasteiger partial charge in [0.2, 0.25) is 0 Å². The Hall–Kier alpha value is -3.90. The number of amides is 1. The molecule has 0 aliphatic rings. The number of halogens is 6. The first-order valence-electron chi connectivity index (χ1n) is 9.43. The SMILES string of the molecule is O=C(NCCc1cnc[nH]1)c1cc2nc(-c3ccc(F)cc3)cc(C(F)(F)C(F)(F)F)n2n1. The smallest absolute Gasteiger partial charge is 0.350 e. The highest BCUT2D eigenvalue weighted by Gasteiger charge is 2.60. The number of benzene rings is 1. The predicted molar refractivity (Wildman–Crippen MR) is 103 cm³/mol. The molecular formula is C20H14F6N6O. The van der Waals surface area contributed by atoms with Crippen molar-refractivity contribution in [2.45, 2.75) is 18.5 Å². The zero-order valence-electron chi connectivity index (χ0n) is 16.5. The van der Waals surface area contributed by atoms with Gasteiger partial charge in [-0.05, 0) is 30.3 Å². The number of hydrogen-bond acceptors (Lipinski definition) is 4. The summed E-state index contributed by atoms with van der Waals surface area (Å²) < 4.78 is 81.6. The van der Waals surface area contributed by atoms with Gasteiger partial charge in [-0.2, -0.15) is 27.1 Å². The molecule has 4 aromatic rings. The summed E-state index contributed by atoms with van der Waals surface area (Å²) in [6.07, 6.45) is -2.56. The van der Waals surface area contributed by atoms with Gasteiger partial charge in [-0.3, -0.25) is 4.79 Å². The molecule has 2 N–H and O–H groups in total. The van der Waals surface area contributed by atoms with Gasteiger partial charge in [0.1, 0.15) is 11.5 Å². The van der Waals surface area contributed by atoms with E-state index in [0.29, 0.717) is 12.5 Å². The number of hydrogen-bond donors (Lipinski definition) is 2. The summed E-state index contributed by atoms with van der Waals surface area (Å²) in [5.41, 5.74) is -1.78. The quantitative estimate of drug-likeness (QED) is 0.421. The monoisotopic (exact) mass is 468 g/mol. The standard InChI is InChI=1S/C20H14F6N6O/c21-12-3-1-11(2-4-12)14-7-16(19(22,23)20(24,25)26)32-17(30-14)8-15(31-32)18(33)28-6-5-13-9-27-10-29-13/h1-4,7-10H,5-6H2,(H,27,29)(H,28,33). The topological polar surface area (TPSA) is 88.0 Å². The number of imidazole rings is 1. The minimum absolute atomic E-state index is 0.102. The van der Waals surface area contributed by atoms with E-state index in [1.165, 1.54) is 18.5 Å². The van der Waals surface area contributed by atoms with E-state index in [2.05, 4.69) is 25.4 Å². The van der Waals surface area contributed by atoms with Crippen molar-refractivity contribution in [2.24, 2.45) is 0 Å². The third-order valence-electron chi connectivity index (χ3n) is 4.71. The highest BCUT2D eigenvalue weighted by Crippen LogP contribution is 2.44. The second-order valence-corrected chi connectivity index (χ2v) is 6.99. The molecule has 172 valence electrons. The van der Waals surface area contributed by atoms with Crippen LogP contribution in [0, 0.1) is 5.82 Å². The highest BCUT2D eigenvalue weighted by molar-refractivity contribution is 5.93. The molecule has 3 aromatic heterocycles. The first-order chi connectivity index (χ1) is 15.6. The molecule has 13 heteroatoms. The number of fused-ring (bicyclic) bond motifs is 1. The molecule has 0 aliphatic carbocycles. The molecule has 1 amide bonds. The molecule has 0 fully saturated rings. The molecule has 0 atom stereocenters. The second-order valence-electron chi connectivity index (χ2n) is 6.99. The zero-order chi connectivity index (χ0) is 23.8. The van der Waals surface area contributed by atoms with Crippen LogP contribution in [0.15, 0.2) is 48.9 Å². The number of H-pyrrole nitrogens is 1. The number of aromatic nitrogens is 5. The third-order valence-corrected chi connectivity index (χ3v) is 4.71. The molecule has 0 aliphatic heterocycles. The van der Waals surface area contributed by atoms with E-state index in [1.54, 1.807) is 6.20 Å². The summed E-state index contributed by atoms with van der Waals surface area (Å²) in [7, 11) is 0. The number of alkyl halides is 5. The maximum atomic E-state index is 14.3. The van der Waals surface area contributed by atoms with Crippen molar-refractivity contribution < 1.29 is 31.1 Å². The molecule has 0 saturated heterocycles. The lowest BCUT2D eigenvalue weighted by Gasteiger charge is -2.21. The second kappa shape index (κ2) is 8.22. The summed E-state index contributed by atoms with van der Waals surface area (Å²) in [5, 5.41) is 6.14. The number of nitrogens with zero attached hydrogens (tertiary/aromatic N) is 4. The lowest BCUT2D eigenvalue weighted by Crippen LogP contribution is -2.36. The predicted octanol–water partition coefficient (Wildman–Crippen LogP) is 3.89. The fourth-order valence-electron chi connectivity index (χ4n) is 3.05. The number of nitrogens with one attached hydrogen (secondary N) is 2. The van der Waals surface area contributed by atoms with Crippen LogP contribution in [0.4, 0.5) is 26.3 Å². The van der Waals surface area contributed by atoms with E-state index in [0.717, 1.165) is 23.9 Å². The molecule has 0 radical (unpaired) electrons. The van der Waals surface area contributed by atoms with E-state index < -0.39 is 40.9 Å². The van der Waals surface area contributed by atoms with Crippen molar-refractivity contribution in [2.75, 3.05) is 6.54 Å². The maximum Gasteiger partial charge on any atom is 0.459 e. The van der Waals surface area contributed by atoms with Crippen LogP contribution in [0.1, 0.15) is 21.9 Å². The van der Waals surface area contributed by atoms with Gasteiger partial charge in [0.15, 0.2) is 11.3 Å². The summed E-state index contributed by atoms with van der Waals surface area (Å²) in [6, 6.07) is 5.90. The number of aromatic amines is 1.